The number of rotatable bonds is 5. The second-order valence-electron chi connectivity index (χ2n) is 5.78. The first-order valence-corrected chi connectivity index (χ1v) is 8.24. The van der Waals surface area contributed by atoms with E-state index in [1.54, 1.807) is 17.2 Å². The van der Waals surface area contributed by atoms with Gasteiger partial charge in [0.25, 0.3) is 5.91 Å². The number of benzene rings is 1. The molecule has 0 unspecified atom stereocenters. The zero-order valence-electron chi connectivity index (χ0n) is 13.4. The second kappa shape index (κ2) is 7.22. The van der Waals surface area contributed by atoms with Crippen molar-refractivity contribution in [2.75, 3.05) is 16.8 Å². The summed E-state index contributed by atoms with van der Waals surface area (Å²) < 4.78 is 0. The molecule has 1 aliphatic carbocycles. The van der Waals surface area contributed by atoms with Crippen LogP contribution in [0.1, 0.15) is 43.1 Å². The van der Waals surface area contributed by atoms with Crippen LogP contribution >= 0.6 is 0 Å². The summed E-state index contributed by atoms with van der Waals surface area (Å²) in [6.45, 7) is 2.56. The lowest BCUT2D eigenvalue weighted by Crippen LogP contribution is -2.31. The Bertz CT molecular complexity index is 653. The molecule has 1 N–H and O–H groups in total. The van der Waals surface area contributed by atoms with Gasteiger partial charge in [-0.25, -0.2) is 9.97 Å². The molecule has 1 amide bonds. The molecule has 1 aliphatic rings. The largest absolute Gasteiger partial charge is 0.351 e. The molecule has 5 heteroatoms. The van der Waals surface area contributed by atoms with Gasteiger partial charge in [-0.05, 0) is 38.0 Å². The lowest BCUT2D eigenvalue weighted by atomic mass is 10.2. The first-order valence-electron chi connectivity index (χ1n) is 8.24. The van der Waals surface area contributed by atoms with E-state index in [2.05, 4.69) is 15.3 Å². The second-order valence-corrected chi connectivity index (χ2v) is 5.78. The third-order valence-corrected chi connectivity index (χ3v) is 4.19. The minimum Gasteiger partial charge on any atom is -0.351 e. The van der Waals surface area contributed by atoms with E-state index < -0.39 is 0 Å². The molecular weight excluding hydrogens is 288 g/mol. The lowest BCUT2D eigenvalue weighted by molar-refractivity contribution is 0.0983. The molecule has 0 atom stereocenters. The summed E-state index contributed by atoms with van der Waals surface area (Å²) in [5.74, 6) is 0.447. The van der Waals surface area contributed by atoms with Crippen molar-refractivity contribution >= 4 is 17.5 Å². The van der Waals surface area contributed by atoms with Crippen molar-refractivity contribution in [3.8, 4) is 0 Å². The van der Waals surface area contributed by atoms with Crippen molar-refractivity contribution < 1.29 is 4.79 Å². The Balaban J connectivity index is 1.78. The maximum Gasteiger partial charge on any atom is 0.277 e. The fourth-order valence-electron chi connectivity index (χ4n) is 2.99. The molecule has 1 fully saturated rings. The smallest absolute Gasteiger partial charge is 0.277 e. The summed E-state index contributed by atoms with van der Waals surface area (Å²) in [5.41, 5.74) is 1.30. The minimum atomic E-state index is -0.101. The van der Waals surface area contributed by atoms with E-state index >= 15 is 0 Å². The predicted octanol–water partition coefficient (Wildman–Crippen LogP) is 3.50. The molecule has 0 aliphatic heterocycles. The average Bonchev–Trinajstić information content (AvgIpc) is 3.10. The van der Waals surface area contributed by atoms with Crippen LogP contribution in [0.4, 0.5) is 11.6 Å². The van der Waals surface area contributed by atoms with E-state index in [1.807, 2.05) is 37.3 Å². The number of anilines is 2. The van der Waals surface area contributed by atoms with Crippen molar-refractivity contribution in [3.05, 3.63) is 48.3 Å². The van der Waals surface area contributed by atoms with Crippen molar-refractivity contribution in [1.82, 2.24) is 9.97 Å². The fraction of sp³-hybridized carbons (Fsp3) is 0.389. The monoisotopic (exact) mass is 310 g/mol. The minimum absolute atomic E-state index is 0.101. The maximum atomic E-state index is 12.8. The van der Waals surface area contributed by atoms with Crippen molar-refractivity contribution in [2.24, 2.45) is 0 Å². The molecule has 0 spiro atoms. The van der Waals surface area contributed by atoms with Crippen LogP contribution in [-0.2, 0) is 0 Å². The van der Waals surface area contributed by atoms with Crippen molar-refractivity contribution in [3.63, 3.8) is 0 Å². The molecule has 1 aromatic heterocycles. The van der Waals surface area contributed by atoms with Gasteiger partial charge in [-0.2, -0.15) is 0 Å². The number of para-hydroxylation sites is 1. The highest BCUT2D eigenvalue weighted by Crippen LogP contribution is 2.21. The van der Waals surface area contributed by atoms with Gasteiger partial charge in [-0.15, -0.1) is 0 Å². The van der Waals surface area contributed by atoms with Gasteiger partial charge in [0.05, 0.1) is 0 Å². The zero-order valence-corrected chi connectivity index (χ0v) is 13.4. The Morgan fingerprint density at radius 3 is 2.65 bits per heavy atom. The van der Waals surface area contributed by atoms with Gasteiger partial charge < -0.3 is 10.2 Å². The molecular formula is C18H22N4O. The Labute approximate surface area is 136 Å². The fourth-order valence-corrected chi connectivity index (χ4v) is 2.99. The zero-order chi connectivity index (χ0) is 16.1. The van der Waals surface area contributed by atoms with Crippen LogP contribution in [-0.4, -0.2) is 28.5 Å². The van der Waals surface area contributed by atoms with E-state index in [-0.39, 0.29) is 5.91 Å². The van der Waals surface area contributed by atoms with E-state index in [9.17, 15) is 4.79 Å². The van der Waals surface area contributed by atoms with Gasteiger partial charge in [0.15, 0.2) is 0 Å². The number of aromatic nitrogens is 2. The molecule has 3 rings (SSSR count). The van der Waals surface area contributed by atoms with Crippen molar-refractivity contribution in [2.45, 2.75) is 38.6 Å². The van der Waals surface area contributed by atoms with Crippen LogP contribution in [0.5, 0.6) is 0 Å². The molecule has 120 valence electrons. The van der Waals surface area contributed by atoms with Crippen LogP contribution < -0.4 is 10.2 Å². The Hall–Kier alpha value is -2.43. The summed E-state index contributed by atoms with van der Waals surface area (Å²) in [7, 11) is 0. The number of nitrogens with one attached hydrogen (secondary N) is 1. The highest BCUT2D eigenvalue weighted by atomic mass is 16.2. The molecule has 1 aromatic carbocycles. The third-order valence-electron chi connectivity index (χ3n) is 4.19. The van der Waals surface area contributed by atoms with Crippen molar-refractivity contribution in [1.29, 1.82) is 0 Å². The van der Waals surface area contributed by atoms with E-state index in [0.29, 0.717) is 24.2 Å². The van der Waals surface area contributed by atoms with Gasteiger partial charge in [-0.1, -0.05) is 31.0 Å². The number of amides is 1. The molecule has 0 saturated heterocycles. The summed E-state index contributed by atoms with van der Waals surface area (Å²) in [6.07, 6.45) is 6.43. The summed E-state index contributed by atoms with van der Waals surface area (Å²) >= 11 is 0. The van der Waals surface area contributed by atoms with Crippen LogP contribution in [0.2, 0.25) is 0 Å². The van der Waals surface area contributed by atoms with E-state index in [0.717, 1.165) is 18.5 Å². The maximum absolute atomic E-state index is 12.8. The SMILES string of the molecule is CCN(C(=O)c1ccnc(NC2CCCC2)n1)c1ccccc1. The highest BCUT2D eigenvalue weighted by Gasteiger charge is 2.19. The molecule has 0 radical (unpaired) electrons. The van der Waals surface area contributed by atoms with Crippen LogP contribution in [0.3, 0.4) is 0 Å². The van der Waals surface area contributed by atoms with Gasteiger partial charge >= 0.3 is 0 Å². The first kappa shape index (κ1) is 15.5. The molecule has 23 heavy (non-hydrogen) atoms. The van der Waals surface area contributed by atoms with Crippen LogP contribution in [0, 0.1) is 0 Å². The van der Waals surface area contributed by atoms with Crippen LogP contribution in [0.15, 0.2) is 42.6 Å². The van der Waals surface area contributed by atoms with E-state index in [1.165, 1.54) is 12.8 Å². The number of carbonyl (C=O) groups is 1. The third kappa shape index (κ3) is 3.67. The highest BCUT2D eigenvalue weighted by molar-refractivity contribution is 6.04. The van der Waals surface area contributed by atoms with Gasteiger partial charge in [0.1, 0.15) is 5.69 Å². The lowest BCUT2D eigenvalue weighted by Gasteiger charge is -2.21. The molecule has 2 aromatic rings. The normalized spacial score (nSPS) is 14.7. The number of hydrogen-bond donors (Lipinski definition) is 1. The van der Waals surface area contributed by atoms with Gasteiger partial charge in [-0.3, -0.25) is 4.79 Å². The molecule has 5 nitrogen and oxygen atoms in total. The molecule has 0 bridgehead atoms. The summed E-state index contributed by atoms with van der Waals surface area (Å²) in [6, 6.07) is 11.8. The first-order chi connectivity index (χ1) is 11.3. The topological polar surface area (TPSA) is 58.1 Å². The number of hydrogen-bond acceptors (Lipinski definition) is 4. The Morgan fingerprint density at radius 2 is 1.96 bits per heavy atom. The predicted molar refractivity (Wildman–Crippen MR) is 91.7 cm³/mol. The average molecular weight is 310 g/mol. The number of nitrogens with zero attached hydrogens (tertiary/aromatic N) is 3. The molecule has 1 saturated carbocycles. The summed E-state index contributed by atoms with van der Waals surface area (Å²) in [4.78, 5) is 23.2. The quantitative estimate of drug-likeness (QED) is 0.918. The Morgan fingerprint density at radius 1 is 1.22 bits per heavy atom. The van der Waals surface area contributed by atoms with Gasteiger partial charge in [0, 0.05) is 24.5 Å². The van der Waals surface area contributed by atoms with Crippen LogP contribution in [0.25, 0.3) is 0 Å². The van der Waals surface area contributed by atoms with E-state index in [4.69, 9.17) is 0 Å². The molecule has 1 heterocycles. The van der Waals surface area contributed by atoms with Gasteiger partial charge in [0.2, 0.25) is 5.95 Å². The summed E-state index contributed by atoms with van der Waals surface area (Å²) in [5, 5.41) is 3.34. The standard InChI is InChI=1S/C18H22N4O/c1-2-22(15-10-4-3-5-11-15)17(23)16-12-13-19-18(21-16)20-14-8-6-7-9-14/h3-5,10-14H,2,6-9H2,1H3,(H,19,20,21). The number of carbonyl (C=O) groups excluding carboxylic acids is 1. The Kier molecular flexibility index (Phi) is 4.86.